The van der Waals surface area contributed by atoms with Crippen LogP contribution in [0.1, 0.15) is 32.3 Å². The first-order chi connectivity index (χ1) is 8.04. The van der Waals surface area contributed by atoms with Crippen LogP contribution in [0.15, 0.2) is 18.2 Å². The van der Waals surface area contributed by atoms with Crippen molar-refractivity contribution in [2.75, 3.05) is 0 Å². The zero-order valence-electron chi connectivity index (χ0n) is 10.3. The molecule has 0 heterocycles. The quantitative estimate of drug-likeness (QED) is 0.831. The molecule has 0 spiro atoms. The molecule has 94 valence electrons. The Labute approximate surface area is 101 Å². The molecule has 2 atom stereocenters. The maximum Gasteiger partial charge on any atom is 0.126 e. The molecule has 1 aliphatic rings. The number of rotatable bonds is 5. The van der Waals surface area contributed by atoms with Gasteiger partial charge in [-0.3, -0.25) is 0 Å². The summed E-state index contributed by atoms with van der Waals surface area (Å²) in [6, 6.07) is 4.80. The van der Waals surface area contributed by atoms with Crippen molar-refractivity contribution in [2.24, 2.45) is 5.92 Å². The predicted molar refractivity (Wildman–Crippen MR) is 64.8 cm³/mol. The van der Waals surface area contributed by atoms with Crippen LogP contribution in [0, 0.1) is 17.6 Å². The van der Waals surface area contributed by atoms with Gasteiger partial charge in [-0.15, -0.1) is 0 Å². The van der Waals surface area contributed by atoms with Gasteiger partial charge in [-0.2, -0.15) is 0 Å². The molecular formula is C14H19F2N. The third kappa shape index (κ3) is 3.77. The minimum Gasteiger partial charge on any atom is -0.311 e. The van der Waals surface area contributed by atoms with Gasteiger partial charge in [-0.25, -0.2) is 8.78 Å². The van der Waals surface area contributed by atoms with Gasteiger partial charge in [0.1, 0.15) is 11.6 Å². The van der Waals surface area contributed by atoms with E-state index in [1.165, 1.54) is 25.0 Å². The van der Waals surface area contributed by atoms with E-state index in [0.29, 0.717) is 24.4 Å². The topological polar surface area (TPSA) is 12.0 Å². The summed E-state index contributed by atoms with van der Waals surface area (Å²) in [4.78, 5) is 0. The van der Waals surface area contributed by atoms with Gasteiger partial charge in [0, 0.05) is 18.2 Å². The minimum absolute atomic E-state index is 0.372. The van der Waals surface area contributed by atoms with E-state index in [1.54, 1.807) is 0 Å². The molecule has 2 rings (SSSR count). The highest BCUT2D eigenvalue weighted by molar-refractivity contribution is 5.18. The zero-order valence-corrected chi connectivity index (χ0v) is 10.3. The maximum absolute atomic E-state index is 13.0. The van der Waals surface area contributed by atoms with Crippen molar-refractivity contribution in [3.63, 3.8) is 0 Å². The highest BCUT2D eigenvalue weighted by Crippen LogP contribution is 2.22. The first-order valence-corrected chi connectivity index (χ1v) is 6.25. The normalized spacial score (nSPS) is 19.1. The first-order valence-electron chi connectivity index (χ1n) is 6.25. The SMILES string of the molecule is CC(Cc1cc(F)cc(F)c1)C(C)NC1CC1. The van der Waals surface area contributed by atoms with Crippen molar-refractivity contribution in [1.29, 1.82) is 0 Å². The van der Waals surface area contributed by atoms with Crippen LogP contribution in [0.2, 0.25) is 0 Å². The molecule has 0 saturated heterocycles. The fraction of sp³-hybridized carbons (Fsp3) is 0.571. The van der Waals surface area contributed by atoms with Gasteiger partial charge in [-0.1, -0.05) is 6.92 Å². The van der Waals surface area contributed by atoms with E-state index >= 15 is 0 Å². The molecule has 1 aromatic rings. The number of nitrogens with one attached hydrogen (secondary N) is 1. The molecule has 17 heavy (non-hydrogen) atoms. The average molecular weight is 239 g/mol. The molecule has 1 aliphatic carbocycles. The molecule has 0 aromatic heterocycles. The lowest BCUT2D eigenvalue weighted by molar-refractivity contribution is 0.394. The molecule has 0 amide bonds. The summed E-state index contributed by atoms with van der Waals surface area (Å²) in [5, 5.41) is 3.52. The van der Waals surface area contributed by atoms with E-state index < -0.39 is 11.6 Å². The van der Waals surface area contributed by atoms with Crippen molar-refractivity contribution in [2.45, 2.75) is 45.2 Å². The smallest absolute Gasteiger partial charge is 0.126 e. The summed E-state index contributed by atoms with van der Waals surface area (Å²) < 4.78 is 26.1. The van der Waals surface area contributed by atoms with Gasteiger partial charge < -0.3 is 5.32 Å². The zero-order chi connectivity index (χ0) is 12.4. The van der Waals surface area contributed by atoms with Crippen LogP contribution in [0.25, 0.3) is 0 Å². The standard InChI is InChI=1S/C14H19F2N/c1-9(10(2)17-14-3-4-14)5-11-6-12(15)8-13(16)7-11/h6-10,14,17H,3-5H2,1-2H3. The van der Waals surface area contributed by atoms with Gasteiger partial charge in [0.15, 0.2) is 0 Å². The summed E-state index contributed by atoms with van der Waals surface area (Å²) in [5.41, 5.74) is 0.736. The second-order valence-corrected chi connectivity index (χ2v) is 5.19. The van der Waals surface area contributed by atoms with Crippen LogP contribution in [0.5, 0.6) is 0 Å². The Morgan fingerprint density at radius 3 is 2.29 bits per heavy atom. The molecule has 0 aliphatic heterocycles. The van der Waals surface area contributed by atoms with E-state index in [0.717, 1.165) is 11.6 Å². The molecule has 1 aromatic carbocycles. The molecule has 3 heteroatoms. The van der Waals surface area contributed by atoms with Gasteiger partial charge in [0.2, 0.25) is 0 Å². The van der Waals surface area contributed by atoms with E-state index in [1.807, 2.05) is 0 Å². The summed E-state index contributed by atoms with van der Waals surface area (Å²) in [6.45, 7) is 4.25. The molecule has 0 bridgehead atoms. The van der Waals surface area contributed by atoms with E-state index in [-0.39, 0.29) is 0 Å². The molecule has 1 N–H and O–H groups in total. The highest BCUT2D eigenvalue weighted by Gasteiger charge is 2.25. The summed E-state index contributed by atoms with van der Waals surface area (Å²) >= 11 is 0. The maximum atomic E-state index is 13.0. The lowest BCUT2D eigenvalue weighted by Gasteiger charge is -2.21. The number of benzene rings is 1. The Bertz CT molecular complexity index is 368. The van der Waals surface area contributed by atoms with Gasteiger partial charge in [0.25, 0.3) is 0 Å². The fourth-order valence-electron chi connectivity index (χ4n) is 2.06. The van der Waals surface area contributed by atoms with Crippen molar-refractivity contribution >= 4 is 0 Å². The molecule has 2 unspecified atom stereocenters. The van der Waals surface area contributed by atoms with Gasteiger partial charge in [0.05, 0.1) is 0 Å². The lowest BCUT2D eigenvalue weighted by atomic mass is 9.95. The van der Waals surface area contributed by atoms with Crippen molar-refractivity contribution in [3.8, 4) is 0 Å². The Morgan fingerprint density at radius 1 is 1.18 bits per heavy atom. The predicted octanol–water partition coefficient (Wildman–Crippen LogP) is 3.28. The Morgan fingerprint density at radius 2 is 1.76 bits per heavy atom. The molecule has 1 fully saturated rings. The summed E-state index contributed by atoms with van der Waals surface area (Å²) in [6.07, 6.45) is 3.22. The Balaban J connectivity index is 1.93. The average Bonchev–Trinajstić information content (AvgIpc) is 2.99. The number of hydrogen-bond donors (Lipinski definition) is 1. The van der Waals surface area contributed by atoms with Gasteiger partial charge >= 0.3 is 0 Å². The van der Waals surface area contributed by atoms with Crippen LogP contribution >= 0.6 is 0 Å². The summed E-state index contributed by atoms with van der Waals surface area (Å²) in [7, 11) is 0. The largest absolute Gasteiger partial charge is 0.311 e. The molecule has 0 radical (unpaired) electrons. The van der Waals surface area contributed by atoms with Crippen molar-refractivity contribution in [3.05, 3.63) is 35.4 Å². The Kier molecular flexibility index (Phi) is 3.77. The van der Waals surface area contributed by atoms with Crippen LogP contribution in [0.3, 0.4) is 0 Å². The van der Waals surface area contributed by atoms with Crippen molar-refractivity contribution < 1.29 is 8.78 Å². The second kappa shape index (κ2) is 5.13. The summed E-state index contributed by atoms with van der Waals surface area (Å²) in [5.74, 6) is -0.609. The monoisotopic (exact) mass is 239 g/mol. The first kappa shape index (κ1) is 12.5. The van der Waals surface area contributed by atoms with Crippen LogP contribution in [0.4, 0.5) is 8.78 Å². The molecular weight excluding hydrogens is 220 g/mol. The van der Waals surface area contributed by atoms with Crippen LogP contribution in [-0.4, -0.2) is 12.1 Å². The molecule has 1 nitrogen and oxygen atoms in total. The second-order valence-electron chi connectivity index (χ2n) is 5.19. The van der Waals surface area contributed by atoms with Crippen LogP contribution < -0.4 is 5.32 Å². The van der Waals surface area contributed by atoms with Crippen LogP contribution in [-0.2, 0) is 6.42 Å². The number of halogens is 2. The van der Waals surface area contributed by atoms with Crippen molar-refractivity contribution in [1.82, 2.24) is 5.32 Å². The lowest BCUT2D eigenvalue weighted by Crippen LogP contribution is -2.34. The van der Waals surface area contributed by atoms with Gasteiger partial charge in [-0.05, 0) is 49.8 Å². The highest BCUT2D eigenvalue weighted by atomic mass is 19.1. The molecule has 1 saturated carbocycles. The third-order valence-corrected chi connectivity index (χ3v) is 3.41. The Hall–Kier alpha value is -0.960. The third-order valence-electron chi connectivity index (χ3n) is 3.41. The minimum atomic E-state index is -0.491. The number of hydrogen-bond acceptors (Lipinski definition) is 1. The van der Waals surface area contributed by atoms with E-state index in [2.05, 4.69) is 19.2 Å². The van der Waals surface area contributed by atoms with E-state index in [9.17, 15) is 8.78 Å². The van der Waals surface area contributed by atoms with E-state index in [4.69, 9.17) is 0 Å². The fourth-order valence-corrected chi connectivity index (χ4v) is 2.06.